The van der Waals surface area contributed by atoms with Crippen LogP contribution in [-0.4, -0.2) is 0 Å². The molecule has 0 unspecified atom stereocenters. The molecule has 0 aliphatic heterocycles. The zero-order valence-corrected chi connectivity index (χ0v) is 7.02. The third kappa shape index (κ3) is 1.95. The number of hydrogen-bond donors (Lipinski definition) is 2. The van der Waals surface area contributed by atoms with Gasteiger partial charge in [-0.1, -0.05) is 11.6 Å². The summed E-state index contributed by atoms with van der Waals surface area (Å²) in [5.74, 6) is 5.01. The van der Waals surface area contributed by atoms with E-state index in [0.717, 1.165) is 6.07 Å². The van der Waals surface area contributed by atoms with Crippen LogP contribution >= 0.6 is 11.6 Å². The first-order chi connectivity index (χ1) is 5.82. The summed E-state index contributed by atoms with van der Waals surface area (Å²) in [6.07, 6.45) is -3.81. The number of halogens is 4. The number of alkyl halides is 3. The standard InChI is InChI=1S/C6H5ClF3N3/c7-4-1-3(6(8,9)10)2-13(12)5(4)11/h1-2,11H,12H2/p+1. The van der Waals surface area contributed by atoms with Crippen LogP contribution in [0.15, 0.2) is 12.3 Å². The van der Waals surface area contributed by atoms with Crippen LogP contribution in [0.4, 0.5) is 19.0 Å². The van der Waals surface area contributed by atoms with Gasteiger partial charge in [0.05, 0.1) is 5.56 Å². The molecule has 0 aliphatic rings. The summed E-state index contributed by atoms with van der Waals surface area (Å²) in [4.78, 5) is 0. The maximum atomic E-state index is 12.1. The third-order valence-corrected chi connectivity index (χ3v) is 1.71. The van der Waals surface area contributed by atoms with Gasteiger partial charge in [-0.25, -0.2) is 0 Å². The first-order valence-electron chi connectivity index (χ1n) is 3.15. The Morgan fingerprint density at radius 1 is 1.38 bits per heavy atom. The van der Waals surface area contributed by atoms with Gasteiger partial charge in [-0.3, -0.25) is 11.6 Å². The molecule has 0 atom stereocenters. The van der Waals surface area contributed by atoms with E-state index in [4.69, 9.17) is 23.2 Å². The van der Waals surface area contributed by atoms with Crippen LogP contribution in [0.3, 0.4) is 0 Å². The Bertz CT molecular complexity index is 313. The Balaban J connectivity index is 3.29. The number of anilines is 1. The van der Waals surface area contributed by atoms with Crippen molar-refractivity contribution in [1.82, 2.24) is 0 Å². The quantitative estimate of drug-likeness (QED) is 0.497. The van der Waals surface area contributed by atoms with Crippen molar-refractivity contribution < 1.29 is 17.8 Å². The molecule has 0 radical (unpaired) electrons. The van der Waals surface area contributed by atoms with Gasteiger partial charge >= 0.3 is 12.0 Å². The summed E-state index contributed by atoms with van der Waals surface area (Å²) in [5.41, 5.74) is 4.30. The van der Waals surface area contributed by atoms with Gasteiger partial charge in [0.1, 0.15) is 11.2 Å². The summed E-state index contributed by atoms with van der Waals surface area (Å²) in [7, 11) is 0. The van der Waals surface area contributed by atoms with E-state index in [0.29, 0.717) is 10.9 Å². The fourth-order valence-electron chi connectivity index (χ4n) is 0.745. The van der Waals surface area contributed by atoms with E-state index in [1.54, 1.807) is 0 Å². The Morgan fingerprint density at radius 2 is 1.92 bits per heavy atom. The lowest BCUT2D eigenvalue weighted by Gasteiger charge is -2.06. The smallest absolute Gasteiger partial charge is 0.284 e. The van der Waals surface area contributed by atoms with Crippen LogP contribution in [0.2, 0.25) is 5.02 Å². The molecule has 1 rings (SSSR count). The molecule has 0 amide bonds. The highest BCUT2D eigenvalue weighted by molar-refractivity contribution is 6.32. The molecule has 0 saturated heterocycles. The average Bonchev–Trinajstić information content (AvgIpc) is 1.97. The molecular weight excluding hydrogens is 207 g/mol. The fourth-order valence-corrected chi connectivity index (χ4v) is 0.961. The lowest BCUT2D eigenvalue weighted by Crippen LogP contribution is -2.47. The molecule has 72 valence electrons. The number of nitrogen functional groups attached to an aromatic ring is 2. The normalized spacial score (nSPS) is 11.7. The van der Waals surface area contributed by atoms with Gasteiger partial charge in [0, 0.05) is 0 Å². The lowest BCUT2D eigenvalue weighted by atomic mass is 10.3. The second kappa shape index (κ2) is 2.95. The van der Waals surface area contributed by atoms with Crippen molar-refractivity contribution in [2.24, 2.45) is 0 Å². The molecule has 0 aliphatic carbocycles. The van der Waals surface area contributed by atoms with E-state index in [1.807, 2.05) is 0 Å². The minimum absolute atomic E-state index is 0.116. The van der Waals surface area contributed by atoms with Crippen LogP contribution in [0, 0.1) is 0 Å². The van der Waals surface area contributed by atoms with Crippen LogP contribution in [0.5, 0.6) is 0 Å². The Hall–Kier alpha value is -1.17. The Labute approximate surface area is 76.7 Å². The minimum Gasteiger partial charge on any atom is -0.284 e. The van der Waals surface area contributed by atoms with Gasteiger partial charge in [0.25, 0.3) is 0 Å². The first-order valence-corrected chi connectivity index (χ1v) is 3.53. The molecule has 13 heavy (non-hydrogen) atoms. The number of hydrogen-bond acceptors (Lipinski definition) is 2. The predicted molar refractivity (Wildman–Crippen MR) is 41.2 cm³/mol. The fraction of sp³-hybridized carbons (Fsp3) is 0.167. The number of nitrogens with two attached hydrogens (primary N) is 2. The van der Waals surface area contributed by atoms with Crippen molar-refractivity contribution >= 4 is 17.4 Å². The maximum absolute atomic E-state index is 12.1. The molecule has 0 bridgehead atoms. The van der Waals surface area contributed by atoms with Gasteiger partial charge in [-0.2, -0.15) is 13.2 Å². The van der Waals surface area contributed by atoms with E-state index >= 15 is 0 Å². The topological polar surface area (TPSA) is 55.9 Å². The molecule has 1 heterocycles. The number of nitrogens with zero attached hydrogens (tertiary/aromatic N) is 1. The Kier molecular flexibility index (Phi) is 2.25. The highest BCUT2D eigenvalue weighted by Gasteiger charge is 2.33. The molecule has 0 fully saturated rings. The van der Waals surface area contributed by atoms with Gasteiger partial charge in [-0.05, 0) is 6.07 Å². The molecule has 0 saturated carbocycles. The van der Waals surface area contributed by atoms with Crippen LogP contribution in [-0.2, 0) is 6.18 Å². The van der Waals surface area contributed by atoms with Crippen LogP contribution in [0.1, 0.15) is 5.56 Å². The molecule has 4 N–H and O–H groups in total. The largest absolute Gasteiger partial charge is 0.420 e. The zero-order valence-electron chi connectivity index (χ0n) is 6.27. The van der Waals surface area contributed by atoms with Crippen LogP contribution < -0.4 is 16.3 Å². The Morgan fingerprint density at radius 3 is 2.31 bits per heavy atom. The predicted octanol–water partition coefficient (Wildman–Crippen LogP) is 0.942. The van der Waals surface area contributed by atoms with Gasteiger partial charge in [0.2, 0.25) is 0 Å². The minimum atomic E-state index is -4.47. The van der Waals surface area contributed by atoms with E-state index < -0.39 is 11.7 Å². The molecule has 3 nitrogen and oxygen atoms in total. The zero-order chi connectivity index (χ0) is 10.2. The monoisotopic (exact) mass is 212 g/mol. The van der Waals surface area contributed by atoms with Crippen LogP contribution in [0.25, 0.3) is 0 Å². The summed E-state index contributed by atoms with van der Waals surface area (Å²) < 4.78 is 37.0. The van der Waals surface area contributed by atoms with Gasteiger partial charge in [0.15, 0.2) is 0 Å². The maximum Gasteiger partial charge on any atom is 0.420 e. The average molecular weight is 213 g/mol. The van der Waals surface area contributed by atoms with Crippen molar-refractivity contribution in [2.45, 2.75) is 6.18 Å². The van der Waals surface area contributed by atoms with Crippen molar-refractivity contribution in [3.05, 3.63) is 22.8 Å². The summed E-state index contributed by atoms with van der Waals surface area (Å²) in [6.45, 7) is 0. The summed E-state index contributed by atoms with van der Waals surface area (Å²) in [6, 6.07) is 0.722. The van der Waals surface area contributed by atoms with E-state index in [-0.39, 0.29) is 10.8 Å². The van der Waals surface area contributed by atoms with Gasteiger partial charge < -0.3 is 0 Å². The summed E-state index contributed by atoms with van der Waals surface area (Å²) >= 11 is 5.40. The number of pyridine rings is 1. The molecule has 1 aromatic rings. The SMILES string of the molecule is Nc1c(Cl)cc(C(F)(F)F)c[n+]1N. The van der Waals surface area contributed by atoms with Crippen molar-refractivity contribution in [3.8, 4) is 0 Å². The molecule has 0 spiro atoms. The lowest BCUT2D eigenvalue weighted by molar-refractivity contribution is -0.624. The molecule has 1 aromatic heterocycles. The second-order valence-electron chi connectivity index (χ2n) is 2.37. The van der Waals surface area contributed by atoms with Crippen molar-refractivity contribution in [3.63, 3.8) is 0 Å². The molecular formula is C6H6ClF3N3+. The number of aromatic nitrogens is 1. The highest BCUT2D eigenvalue weighted by atomic mass is 35.5. The molecule has 0 aromatic carbocycles. The van der Waals surface area contributed by atoms with E-state index in [9.17, 15) is 13.2 Å². The van der Waals surface area contributed by atoms with Crippen molar-refractivity contribution in [2.75, 3.05) is 11.6 Å². The van der Waals surface area contributed by atoms with Crippen molar-refractivity contribution in [1.29, 1.82) is 0 Å². The molecule has 7 heteroatoms. The third-order valence-electron chi connectivity index (χ3n) is 1.41. The van der Waals surface area contributed by atoms with Gasteiger partial charge in [-0.15, -0.1) is 4.68 Å². The summed E-state index contributed by atoms with van der Waals surface area (Å²) in [5, 5.41) is -0.225. The number of rotatable bonds is 0. The van der Waals surface area contributed by atoms with E-state index in [2.05, 4.69) is 0 Å². The van der Waals surface area contributed by atoms with E-state index in [1.165, 1.54) is 0 Å². The highest BCUT2D eigenvalue weighted by Crippen LogP contribution is 2.30. The first kappa shape index (κ1) is 9.91. The second-order valence-corrected chi connectivity index (χ2v) is 2.77.